The van der Waals surface area contributed by atoms with Crippen LogP contribution in [-0.4, -0.2) is 41.9 Å². The van der Waals surface area contributed by atoms with E-state index in [-0.39, 0.29) is 6.04 Å². The van der Waals surface area contributed by atoms with Gasteiger partial charge in [0.1, 0.15) is 4.88 Å². The molecule has 1 unspecified atom stereocenters. The first-order valence-corrected chi connectivity index (χ1v) is 7.02. The van der Waals surface area contributed by atoms with Gasteiger partial charge in [-0.15, -0.1) is 0 Å². The fourth-order valence-electron chi connectivity index (χ4n) is 2.05. The van der Waals surface area contributed by atoms with E-state index in [9.17, 15) is 9.90 Å². The number of aryl methyl sites for hydroxylation is 1. The smallest absolute Gasteiger partial charge is 0.347 e. The number of hydrogen-bond acceptors (Lipinski definition) is 5. The van der Waals surface area contributed by atoms with E-state index >= 15 is 0 Å². The van der Waals surface area contributed by atoms with E-state index in [1.807, 2.05) is 6.92 Å². The monoisotopic (exact) mass is 270 g/mol. The maximum absolute atomic E-state index is 11.2. The number of hydrogen-bond donors (Lipinski definition) is 1. The molecule has 1 aromatic rings. The van der Waals surface area contributed by atoms with Crippen molar-refractivity contribution in [3.05, 3.63) is 10.6 Å². The number of aromatic carboxylic acids is 1. The van der Waals surface area contributed by atoms with Crippen molar-refractivity contribution in [2.24, 2.45) is 0 Å². The summed E-state index contributed by atoms with van der Waals surface area (Å²) in [6.45, 7) is 6.22. The minimum atomic E-state index is -0.872. The molecular weight excluding hydrogens is 252 g/mol. The van der Waals surface area contributed by atoms with Gasteiger partial charge >= 0.3 is 5.97 Å². The summed E-state index contributed by atoms with van der Waals surface area (Å²) < 4.78 is 5.38. The number of nitrogens with zero attached hydrogens (tertiary/aromatic N) is 2. The second-order valence-corrected chi connectivity index (χ2v) is 5.42. The highest BCUT2D eigenvalue weighted by Gasteiger charge is 2.25. The first-order valence-electron chi connectivity index (χ1n) is 6.20. The molecule has 0 saturated carbocycles. The predicted octanol–water partition coefficient (Wildman–Crippen LogP) is 2.02. The van der Waals surface area contributed by atoms with Gasteiger partial charge in [0.15, 0.2) is 5.13 Å². The number of carboxylic acid groups (broad SMARTS) is 1. The maximum Gasteiger partial charge on any atom is 0.347 e. The number of carbonyl (C=O) groups is 1. The lowest BCUT2D eigenvalue weighted by Gasteiger charge is -2.32. The molecule has 1 saturated heterocycles. The van der Waals surface area contributed by atoms with Crippen molar-refractivity contribution in [1.29, 1.82) is 0 Å². The van der Waals surface area contributed by atoms with Crippen LogP contribution in [0.1, 0.15) is 35.6 Å². The number of carboxylic acids is 1. The van der Waals surface area contributed by atoms with Crippen LogP contribution in [-0.2, 0) is 11.2 Å². The quantitative estimate of drug-likeness (QED) is 0.907. The van der Waals surface area contributed by atoms with Gasteiger partial charge in [-0.3, -0.25) is 0 Å². The van der Waals surface area contributed by atoms with Gasteiger partial charge in [0.2, 0.25) is 0 Å². The van der Waals surface area contributed by atoms with Crippen LogP contribution >= 0.6 is 11.3 Å². The van der Waals surface area contributed by atoms with E-state index in [4.69, 9.17) is 4.74 Å². The molecule has 1 atom stereocenters. The Balaban J connectivity index is 2.27. The molecule has 18 heavy (non-hydrogen) atoms. The Kier molecular flexibility index (Phi) is 4.19. The summed E-state index contributed by atoms with van der Waals surface area (Å²) in [6.07, 6.45) is 1.62. The zero-order chi connectivity index (χ0) is 13.1. The molecule has 1 aliphatic heterocycles. The van der Waals surface area contributed by atoms with Gasteiger partial charge in [0, 0.05) is 6.54 Å². The van der Waals surface area contributed by atoms with Crippen LogP contribution in [0.4, 0.5) is 5.13 Å². The third-order valence-electron chi connectivity index (χ3n) is 2.98. The normalized spacial score (nSPS) is 20.1. The highest BCUT2D eigenvalue weighted by molar-refractivity contribution is 7.17. The van der Waals surface area contributed by atoms with Crippen molar-refractivity contribution in [2.45, 2.75) is 32.7 Å². The number of ether oxygens (including phenoxy) is 1. The lowest BCUT2D eigenvalue weighted by molar-refractivity contribution is 0.0700. The fraction of sp³-hybridized carbons (Fsp3) is 0.667. The summed E-state index contributed by atoms with van der Waals surface area (Å²) >= 11 is 1.28. The Labute approximate surface area is 110 Å². The number of thiazole rings is 1. The van der Waals surface area contributed by atoms with E-state index in [1.54, 1.807) is 0 Å². The van der Waals surface area contributed by atoms with Gasteiger partial charge in [-0.05, 0) is 13.3 Å². The van der Waals surface area contributed by atoms with Crippen molar-refractivity contribution in [3.8, 4) is 0 Å². The largest absolute Gasteiger partial charge is 0.477 e. The molecule has 1 aliphatic rings. The van der Waals surface area contributed by atoms with Gasteiger partial charge in [-0.25, -0.2) is 9.78 Å². The average molecular weight is 270 g/mol. The molecule has 0 aromatic carbocycles. The van der Waals surface area contributed by atoms with Gasteiger partial charge in [0.05, 0.1) is 24.9 Å². The molecule has 0 aliphatic carbocycles. The first-order chi connectivity index (χ1) is 8.63. The Hall–Kier alpha value is -1.14. The van der Waals surface area contributed by atoms with Crippen LogP contribution in [0.25, 0.3) is 0 Å². The molecule has 6 heteroatoms. The molecule has 2 rings (SSSR count). The Morgan fingerprint density at radius 1 is 1.67 bits per heavy atom. The standard InChI is InChI=1S/C12H18N2O3S/c1-3-4-9-10(11(15)16)18-12(13-9)14-5-6-17-7-8(14)2/h8H,3-7H2,1-2H3,(H,15,16). The molecule has 1 fully saturated rings. The van der Waals surface area contributed by atoms with Crippen molar-refractivity contribution < 1.29 is 14.6 Å². The lowest BCUT2D eigenvalue weighted by atomic mass is 10.2. The molecule has 100 valence electrons. The molecule has 0 bridgehead atoms. The van der Waals surface area contributed by atoms with E-state index in [1.165, 1.54) is 11.3 Å². The molecule has 0 amide bonds. The summed E-state index contributed by atoms with van der Waals surface area (Å²) in [6, 6.07) is 0.251. The third-order valence-corrected chi connectivity index (χ3v) is 4.10. The highest BCUT2D eigenvalue weighted by Crippen LogP contribution is 2.29. The topological polar surface area (TPSA) is 62.7 Å². The van der Waals surface area contributed by atoms with Crippen LogP contribution < -0.4 is 4.90 Å². The number of rotatable bonds is 4. The van der Waals surface area contributed by atoms with Crippen molar-refractivity contribution >= 4 is 22.4 Å². The van der Waals surface area contributed by atoms with E-state index in [0.29, 0.717) is 23.8 Å². The summed E-state index contributed by atoms with van der Waals surface area (Å²) in [5.41, 5.74) is 0.712. The molecular formula is C12H18N2O3S. The van der Waals surface area contributed by atoms with Crippen LogP contribution in [0.3, 0.4) is 0 Å². The Morgan fingerprint density at radius 2 is 2.44 bits per heavy atom. The number of anilines is 1. The first kappa shape index (κ1) is 13.3. The second kappa shape index (κ2) is 5.67. The van der Waals surface area contributed by atoms with Crippen LogP contribution in [0.5, 0.6) is 0 Å². The zero-order valence-electron chi connectivity index (χ0n) is 10.7. The van der Waals surface area contributed by atoms with E-state index < -0.39 is 5.97 Å². The summed E-state index contributed by atoms with van der Waals surface area (Å²) in [5, 5.41) is 10.0. The van der Waals surface area contributed by atoms with Gasteiger partial charge in [-0.2, -0.15) is 0 Å². The van der Waals surface area contributed by atoms with Crippen molar-refractivity contribution in [3.63, 3.8) is 0 Å². The third kappa shape index (κ3) is 2.64. The minimum absolute atomic E-state index is 0.251. The minimum Gasteiger partial charge on any atom is -0.477 e. The fourth-order valence-corrected chi connectivity index (χ4v) is 3.13. The molecule has 0 spiro atoms. The highest BCUT2D eigenvalue weighted by atomic mass is 32.1. The Bertz CT molecular complexity index is 433. The second-order valence-electron chi connectivity index (χ2n) is 4.44. The zero-order valence-corrected chi connectivity index (χ0v) is 11.5. The van der Waals surface area contributed by atoms with Crippen molar-refractivity contribution in [2.75, 3.05) is 24.7 Å². The summed E-state index contributed by atoms with van der Waals surface area (Å²) in [7, 11) is 0. The van der Waals surface area contributed by atoms with E-state index in [2.05, 4.69) is 16.8 Å². The van der Waals surface area contributed by atoms with Crippen LogP contribution in [0.15, 0.2) is 0 Å². The summed E-state index contributed by atoms with van der Waals surface area (Å²) in [5.74, 6) is -0.872. The van der Waals surface area contributed by atoms with Crippen molar-refractivity contribution in [1.82, 2.24) is 4.98 Å². The van der Waals surface area contributed by atoms with Gasteiger partial charge < -0.3 is 14.7 Å². The lowest BCUT2D eigenvalue weighted by Crippen LogP contribution is -2.43. The van der Waals surface area contributed by atoms with Crippen LogP contribution in [0, 0.1) is 0 Å². The predicted molar refractivity (Wildman–Crippen MR) is 70.7 cm³/mol. The number of aromatic nitrogens is 1. The van der Waals surface area contributed by atoms with Gasteiger partial charge in [-0.1, -0.05) is 24.7 Å². The molecule has 1 N–H and O–H groups in total. The van der Waals surface area contributed by atoms with Crippen LogP contribution in [0.2, 0.25) is 0 Å². The molecule has 2 heterocycles. The van der Waals surface area contributed by atoms with Gasteiger partial charge in [0.25, 0.3) is 0 Å². The SMILES string of the molecule is CCCc1nc(N2CCOCC2C)sc1C(=O)O. The molecule has 0 radical (unpaired) electrons. The molecule has 5 nitrogen and oxygen atoms in total. The van der Waals surface area contributed by atoms with E-state index in [0.717, 1.165) is 24.5 Å². The maximum atomic E-state index is 11.2. The number of morpholine rings is 1. The average Bonchev–Trinajstić information content (AvgIpc) is 2.74. The Morgan fingerprint density at radius 3 is 3.06 bits per heavy atom. The molecule has 1 aromatic heterocycles. The summed E-state index contributed by atoms with van der Waals surface area (Å²) in [4.78, 5) is 18.2.